The van der Waals surface area contributed by atoms with E-state index in [0.29, 0.717) is 28.0 Å². The van der Waals surface area contributed by atoms with Gasteiger partial charge in [-0.05, 0) is 65.7 Å². The molecule has 0 fully saturated rings. The van der Waals surface area contributed by atoms with E-state index in [0.717, 1.165) is 4.90 Å². The quantitative estimate of drug-likeness (QED) is 0.477. The molecule has 2 N–H and O–H groups in total. The normalized spacial score (nSPS) is 17.7. The number of imide groups is 1. The lowest BCUT2D eigenvalue weighted by Gasteiger charge is -2.38. The van der Waals surface area contributed by atoms with Crippen molar-refractivity contribution in [3.63, 3.8) is 0 Å². The number of amides is 3. The lowest BCUT2D eigenvalue weighted by molar-refractivity contribution is 0.00661. The number of ether oxygens (including phenoxy) is 2. The van der Waals surface area contributed by atoms with Crippen LogP contribution in [0.1, 0.15) is 89.1 Å². The minimum Gasteiger partial charge on any atom is -0.456 e. The Labute approximate surface area is 214 Å². The van der Waals surface area contributed by atoms with E-state index >= 15 is 0 Å². The van der Waals surface area contributed by atoms with Gasteiger partial charge in [-0.3, -0.25) is 19.4 Å². The monoisotopic (exact) mass is 513 g/mol. The highest BCUT2D eigenvalue weighted by molar-refractivity contribution is 7.16. The van der Waals surface area contributed by atoms with Gasteiger partial charge in [0, 0.05) is 11.4 Å². The minimum atomic E-state index is -0.742. The Bertz CT molecular complexity index is 1220. The van der Waals surface area contributed by atoms with E-state index in [9.17, 15) is 19.2 Å². The van der Waals surface area contributed by atoms with E-state index < -0.39 is 41.1 Å². The highest BCUT2D eigenvalue weighted by Gasteiger charge is 2.43. The number of carbonyl (C=O) groups excluding carboxylic acids is 4. The molecule has 0 spiro atoms. The van der Waals surface area contributed by atoms with E-state index in [2.05, 4.69) is 0 Å². The summed E-state index contributed by atoms with van der Waals surface area (Å²) in [5, 5.41) is 0.271. The molecule has 1 atom stereocenters. The van der Waals surface area contributed by atoms with Crippen LogP contribution >= 0.6 is 11.3 Å². The van der Waals surface area contributed by atoms with Crippen LogP contribution in [0, 0.1) is 0 Å². The molecule has 0 saturated heterocycles. The van der Waals surface area contributed by atoms with Gasteiger partial charge in [0.05, 0.1) is 29.3 Å². The number of carbonyl (C=O) groups is 4. The lowest BCUT2D eigenvalue weighted by atomic mass is 9.97. The third-order valence-electron chi connectivity index (χ3n) is 5.81. The number of nitrogens with zero attached hydrogens (tertiary/aromatic N) is 2. The maximum Gasteiger partial charge on any atom is 0.410 e. The Morgan fingerprint density at radius 3 is 2.08 bits per heavy atom. The standard InChI is InChI=1S/C26H31N3O6S/c1-25(2,3)34-23(32)18-16-11-12-28(24(33)35-26(4,5)6)17(19(16)36-20(18)27)13-29-21(30)14-9-7-8-10-15(14)22(29)31/h7-10,17H,11-13,27H2,1-6H3. The predicted molar refractivity (Wildman–Crippen MR) is 135 cm³/mol. The number of hydrogen-bond donors (Lipinski definition) is 1. The number of thiophene rings is 1. The Balaban J connectivity index is 1.74. The van der Waals surface area contributed by atoms with Crippen molar-refractivity contribution >= 4 is 40.2 Å². The van der Waals surface area contributed by atoms with Crippen molar-refractivity contribution in [3.05, 3.63) is 51.4 Å². The first-order valence-electron chi connectivity index (χ1n) is 11.8. The van der Waals surface area contributed by atoms with Gasteiger partial charge in [-0.25, -0.2) is 9.59 Å². The molecule has 0 saturated carbocycles. The molecule has 1 aromatic heterocycles. The van der Waals surface area contributed by atoms with E-state index in [1.807, 2.05) is 0 Å². The molecule has 0 aliphatic carbocycles. The van der Waals surface area contributed by atoms with Crippen molar-refractivity contribution in [1.29, 1.82) is 0 Å². The average molecular weight is 514 g/mol. The molecular formula is C26H31N3O6S. The molecule has 3 amide bonds. The first kappa shape index (κ1) is 25.7. The molecule has 1 aromatic carbocycles. The van der Waals surface area contributed by atoms with Crippen LogP contribution in [-0.4, -0.2) is 58.0 Å². The summed E-state index contributed by atoms with van der Waals surface area (Å²) < 4.78 is 11.2. The van der Waals surface area contributed by atoms with Gasteiger partial charge >= 0.3 is 12.1 Å². The Morgan fingerprint density at radius 2 is 1.56 bits per heavy atom. The van der Waals surface area contributed by atoms with E-state index in [4.69, 9.17) is 15.2 Å². The maximum atomic E-state index is 13.2. The van der Waals surface area contributed by atoms with Crippen LogP contribution in [0.2, 0.25) is 0 Å². The number of esters is 1. The van der Waals surface area contributed by atoms with Gasteiger partial charge < -0.3 is 15.2 Å². The van der Waals surface area contributed by atoms with Crippen molar-refractivity contribution in [2.75, 3.05) is 18.8 Å². The summed E-state index contributed by atoms with van der Waals surface area (Å²) in [5.74, 6) is -1.39. The Morgan fingerprint density at radius 1 is 1.00 bits per heavy atom. The molecule has 192 valence electrons. The summed E-state index contributed by atoms with van der Waals surface area (Å²) in [6, 6.07) is 5.89. The second kappa shape index (κ2) is 8.92. The molecule has 10 heteroatoms. The van der Waals surface area contributed by atoms with E-state index in [1.165, 1.54) is 16.2 Å². The van der Waals surface area contributed by atoms with E-state index in [-0.39, 0.29) is 23.7 Å². The van der Waals surface area contributed by atoms with Crippen molar-refractivity contribution < 1.29 is 28.7 Å². The van der Waals surface area contributed by atoms with Crippen LogP contribution in [0.25, 0.3) is 0 Å². The van der Waals surface area contributed by atoms with Gasteiger partial charge in [0.2, 0.25) is 0 Å². The summed E-state index contributed by atoms with van der Waals surface area (Å²) in [4.78, 5) is 55.7. The smallest absolute Gasteiger partial charge is 0.410 e. The zero-order valence-electron chi connectivity index (χ0n) is 21.3. The van der Waals surface area contributed by atoms with Crippen LogP contribution in [0.4, 0.5) is 9.80 Å². The molecule has 9 nitrogen and oxygen atoms in total. The number of nitrogen functional groups attached to an aromatic ring is 1. The first-order chi connectivity index (χ1) is 16.7. The number of anilines is 1. The van der Waals surface area contributed by atoms with Crippen LogP contribution in [-0.2, 0) is 15.9 Å². The molecule has 2 aliphatic rings. The summed E-state index contributed by atoms with van der Waals surface area (Å²) in [7, 11) is 0. The molecule has 1 unspecified atom stereocenters. The van der Waals surface area contributed by atoms with Crippen LogP contribution in [0.3, 0.4) is 0 Å². The van der Waals surface area contributed by atoms with Gasteiger partial charge in [0.15, 0.2) is 0 Å². The fourth-order valence-electron chi connectivity index (χ4n) is 4.40. The van der Waals surface area contributed by atoms with Crippen LogP contribution in [0.5, 0.6) is 0 Å². The van der Waals surface area contributed by atoms with Crippen LogP contribution < -0.4 is 5.73 Å². The fraction of sp³-hybridized carbons (Fsp3) is 0.462. The maximum absolute atomic E-state index is 13.2. The molecule has 4 rings (SSSR count). The van der Waals surface area contributed by atoms with Crippen LogP contribution in [0.15, 0.2) is 24.3 Å². The molecule has 36 heavy (non-hydrogen) atoms. The third-order valence-corrected chi connectivity index (χ3v) is 6.97. The predicted octanol–water partition coefficient (Wildman–Crippen LogP) is 4.42. The topological polar surface area (TPSA) is 119 Å². The zero-order valence-corrected chi connectivity index (χ0v) is 22.2. The first-order valence-corrected chi connectivity index (χ1v) is 12.6. The molecular weight excluding hydrogens is 482 g/mol. The second-order valence-corrected chi connectivity index (χ2v) is 12.0. The number of rotatable bonds is 3. The van der Waals surface area contributed by atoms with Crippen molar-refractivity contribution in [2.24, 2.45) is 0 Å². The average Bonchev–Trinajstić information content (AvgIpc) is 3.21. The number of hydrogen-bond acceptors (Lipinski definition) is 8. The summed E-state index contributed by atoms with van der Waals surface area (Å²) in [5.41, 5.74) is 6.43. The summed E-state index contributed by atoms with van der Waals surface area (Å²) >= 11 is 1.17. The van der Waals surface area contributed by atoms with Crippen molar-refractivity contribution in [1.82, 2.24) is 9.80 Å². The second-order valence-electron chi connectivity index (χ2n) is 10.9. The Kier molecular flexibility index (Phi) is 6.36. The largest absolute Gasteiger partial charge is 0.456 e. The van der Waals surface area contributed by atoms with Crippen molar-refractivity contribution in [2.45, 2.75) is 65.2 Å². The molecule has 2 aromatic rings. The van der Waals surface area contributed by atoms with Gasteiger partial charge in [-0.1, -0.05) is 12.1 Å². The molecule has 2 aliphatic heterocycles. The highest BCUT2D eigenvalue weighted by atomic mass is 32.1. The van der Waals surface area contributed by atoms with Gasteiger partial charge in [0.1, 0.15) is 16.2 Å². The van der Waals surface area contributed by atoms with E-state index in [1.54, 1.807) is 65.8 Å². The Hall–Kier alpha value is -3.40. The third kappa shape index (κ3) is 4.82. The van der Waals surface area contributed by atoms with Gasteiger partial charge in [-0.15, -0.1) is 11.3 Å². The summed E-state index contributed by atoms with van der Waals surface area (Å²) in [6.07, 6.45) is -0.212. The SMILES string of the molecule is CC(C)(C)OC(=O)c1c(N)sc2c1CCN(C(=O)OC(C)(C)C)C2CN1C(=O)c2ccccc2C1=O. The highest BCUT2D eigenvalue weighted by Crippen LogP contribution is 2.43. The van der Waals surface area contributed by atoms with Gasteiger partial charge in [-0.2, -0.15) is 0 Å². The molecule has 0 bridgehead atoms. The fourth-order valence-corrected chi connectivity index (χ4v) is 5.61. The molecule has 0 radical (unpaired) electrons. The number of fused-ring (bicyclic) bond motifs is 2. The lowest BCUT2D eigenvalue weighted by Crippen LogP contribution is -2.47. The van der Waals surface area contributed by atoms with Crippen molar-refractivity contribution in [3.8, 4) is 0 Å². The number of benzene rings is 1. The minimum absolute atomic E-state index is 0.0910. The number of nitrogens with two attached hydrogens (primary N) is 1. The van der Waals surface area contributed by atoms with Gasteiger partial charge in [0.25, 0.3) is 11.8 Å². The zero-order chi connectivity index (χ0) is 26.6. The summed E-state index contributed by atoms with van der Waals surface area (Å²) in [6.45, 7) is 10.8. The molecule has 3 heterocycles.